The van der Waals surface area contributed by atoms with E-state index in [1.807, 2.05) is 12.1 Å². The number of hydrogen-bond donors (Lipinski definition) is 1. The van der Waals surface area contributed by atoms with Crippen molar-refractivity contribution in [3.05, 3.63) is 29.0 Å². The van der Waals surface area contributed by atoms with Crippen molar-refractivity contribution >= 4 is 32.7 Å². The van der Waals surface area contributed by atoms with Crippen LogP contribution in [0.1, 0.15) is 20.8 Å². The number of pyridine rings is 2. The molecular weight excluding hydrogens is 266 g/mol. The van der Waals surface area contributed by atoms with E-state index in [1.54, 1.807) is 12.4 Å². The molecule has 0 saturated heterocycles. The van der Waals surface area contributed by atoms with Crippen LogP contribution in [0.3, 0.4) is 0 Å². The molecule has 2 rings (SSSR count). The van der Waals surface area contributed by atoms with E-state index < -0.39 is 0 Å². The topological polar surface area (TPSA) is 37.8 Å². The van der Waals surface area contributed by atoms with E-state index in [1.165, 1.54) is 0 Å². The van der Waals surface area contributed by atoms with Crippen molar-refractivity contribution in [1.29, 1.82) is 0 Å². The van der Waals surface area contributed by atoms with Gasteiger partial charge in [-0.3, -0.25) is 9.97 Å². The van der Waals surface area contributed by atoms with Gasteiger partial charge >= 0.3 is 0 Å². The molecule has 84 valence electrons. The fraction of sp³-hybridized carbons (Fsp3) is 0.333. The highest BCUT2D eigenvalue weighted by Crippen LogP contribution is 2.24. The summed E-state index contributed by atoms with van der Waals surface area (Å²) < 4.78 is 0.945. The van der Waals surface area contributed by atoms with Crippen molar-refractivity contribution in [1.82, 2.24) is 9.97 Å². The molecule has 1 N–H and O–H groups in total. The summed E-state index contributed by atoms with van der Waals surface area (Å²) >= 11 is 3.40. The molecule has 3 nitrogen and oxygen atoms in total. The molecule has 16 heavy (non-hydrogen) atoms. The Balaban J connectivity index is 2.54. The molecule has 0 saturated carbocycles. The largest absolute Gasteiger partial charge is 0.379 e. The van der Waals surface area contributed by atoms with Gasteiger partial charge in [0.2, 0.25) is 0 Å². The minimum absolute atomic E-state index is 0.0169. The average molecular weight is 280 g/mol. The zero-order valence-corrected chi connectivity index (χ0v) is 11.2. The van der Waals surface area contributed by atoms with Crippen LogP contribution in [-0.4, -0.2) is 15.5 Å². The standard InChI is InChI=1S/C12H14BrN3/c1-12(2,3)16-9-4-5-14-10-6-8(13)7-15-11(9)10/h4-7H,1-3H3,(H,14,16). The number of rotatable bonds is 1. The molecule has 0 bridgehead atoms. The van der Waals surface area contributed by atoms with Crippen LogP contribution >= 0.6 is 15.9 Å². The summed E-state index contributed by atoms with van der Waals surface area (Å²) in [5, 5.41) is 3.43. The van der Waals surface area contributed by atoms with Gasteiger partial charge in [0, 0.05) is 22.4 Å². The summed E-state index contributed by atoms with van der Waals surface area (Å²) in [7, 11) is 0. The molecule has 0 atom stereocenters. The lowest BCUT2D eigenvalue weighted by Crippen LogP contribution is -2.26. The molecular formula is C12H14BrN3. The minimum atomic E-state index is 0.0169. The molecule has 2 aromatic rings. The molecule has 2 heterocycles. The van der Waals surface area contributed by atoms with Crippen molar-refractivity contribution in [2.75, 3.05) is 5.32 Å². The first kappa shape index (κ1) is 11.3. The lowest BCUT2D eigenvalue weighted by Gasteiger charge is -2.22. The quantitative estimate of drug-likeness (QED) is 0.867. The second-order valence-electron chi connectivity index (χ2n) is 4.75. The summed E-state index contributed by atoms with van der Waals surface area (Å²) in [6, 6.07) is 3.92. The summed E-state index contributed by atoms with van der Waals surface area (Å²) in [4.78, 5) is 8.69. The minimum Gasteiger partial charge on any atom is -0.379 e. The third-order valence-electron chi connectivity index (χ3n) is 2.05. The van der Waals surface area contributed by atoms with Crippen LogP contribution in [0.2, 0.25) is 0 Å². The maximum Gasteiger partial charge on any atom is 0.112 e. The lowest BCUT2D eigenvalue weighted by molar-refractivity contribution is 0.634. The van der Waals surface area contributed by atoms with Crippen molar-refractivity contribution in [2.45, 2.75) is 26.3 Å². The van der Waals surface area contributed by atoms with E-state index in [4.69, 9.17) is 0 Å². The van der Waals surface area contributed by atoms with Crippen molar-refractivity contribution < 1.29 is 0 Å². The van der Waals surface area contributed by atoms with Crippen LogP contribution in [0.25, 0.3) is 11.0 Å². The highest BCUT2D eigenvalue weighted by Gasteiger charge is 2.12. The number of halogens is 1. The molecule has 0 unspecified atom stereocenters. The Labute approximate surface area is 103 Å². The number of nitrogens with zero attached hydrogens (tertiary/aromatic N) is 2. The van der Waals surface area contributed by atoms with E-state index >= 15 is 0 Å². The molecule has 0 aliphatic carbocycles. The number of hydrogen-bond acceptors (Lipinski definition) is 3. The Morgan fingerprint density at radius 1 is 1.25 bits per heavy atom. The molecule has 0 amide bonds. The summed E-state index contributed by atoms with van der Waals surface area (Å²) in [5.41, 5.74) is 2.83. The second kappa shape index (κ2) is 4.01. The first-order chi connectivity index (χ1) is 7.46. The van der Waals surface area contributed by atoms with Crippen LogP contribution in [0.5, 0.6) is 0 Å². The number of fused-ring (bicyclic) bond motifs is 1. The molecule has 0 aliphatic rings. The Morgan fingerprint density at radius 2 is 2.00 bits per heavy atom. The molecule has 2 aromatic heterocycles. The van der Waals surface area contributed by atoms with Gasteiger partial charge in [0.1, 0.15) is 5.52 Å². The third kappa shape index (κ3) is 2.50. The van der Waals surface area contributed by atoms with Crippen molar-refractivity contribution in [3.8, 4) is 0 Å². The fourth-order valence-corrected chi connectivity index (χ4v) is 1.83. The molecule has 0 aromatic carbocycles. The second-order valence-corrected chi connectivity index (χ2v) is 5.67. The van der Waals surface area contributed by atoms with Gasteiger partial charge in [0.15, 0.2) is 0 Å². The summed E-state index contributed by atoms with van der Waals surface area (Å²) in [6.45, 7) is 6.37. The Hall–Kier alpha value is -1.16. The van der Waals surface area contributed by atoms with Crippen LogP contribution in [0.15, 0.2) is 29.0 Å². The molecule has 0 radical (unpaired) electrons. The van der Waals surface area contributed by atoms with E-state index in [0.29, 0.717) is 0 Å². The maximum absolute atomic E-state index is 4.39. The number of aromatic nitrogens is 2. The van der Waals surface area contributed by atoms with Gasteiger partial charge in [-0.2, -0.15) is 0 Å². The predicted octanol–water partition coefficient (Wildman–Crippen LogP) is 3.60. The highest BCUT2D eigenvalue weighted by molar-refractivity contribution is 9.10. The van der Waals surface area contributed by atoms with E-state index in [9.17, 15) is 0 Å². The summed E-state index contributed by atoms with van der Waals surface area (Å²) in [6.07, 6.45) is 3.59. The predicted molar refractivity (Wildman–Crippen MR) is 70.6 cm³/mol. The van der Waals surface area contributed by atoms with Gasteiger partial charge in [-0.05, 0) is 48.8 Å². The number of nitrogens with one attached hydrogen (secondary N) is 1. The van der Waals surface area contributed by atoms with Gasteiger partial charge in [-0.15, -0.1) is 0 Å². The van der Waals surface area contributed by atoms with Crippen LogP contribution in [-0.2, 0) is 0 Å². The fourth-order valence-electron chi connectivity index (χ4n) is 1.51. The lowest BCUT2D eigenvalue weighted by atomic mass is 10.1. The van der Waals surface area contributed by atoms with Crippen LogP contribution in [0, 0.1) is 0 Å². The third-order valence-corrected chi connectivity index (χ3v) is 2.49. The smallest absolute Gasteiger partial charge is 0.112 e. The highest BCUT2D eigenvalue weighted by atomic mass is 79.9. The van der Waals surface area contributed by atoms with Crippen molar-refractivity contribution in [2.24, 2.45) is 0 Å². The Morgan fingerprint density at radius 3 is 2.69 bits per heavy atom. The summed E-state index contributed by atoms with van der Waals surface area (Å²) in [5.74, 6) is 0. The van der Waals surface area contributed by atoms with Gasteiger partial charge in [0.25, 0.3) is 0 Å². The van der Waals surface area contributed by atoms with E-state index in [2.05, 4.69) is 52.0 Å². The molecule has 0 fully saturated rings. The van der Waals surface area contributed by atoms with E-state index in [-0.39, 0.29) is 5.54 Å². The van der Waals surface area contributed by atoms with Gasteiger partial charge in [0.05, 0.1) is 11.2 Å². The van der Waals surface area contributed by atoms with Crippen LogP contribution < -0.4 is 5.32 Å². The van der Waals surface area contributed by atoms with Crippen LogP contribution in [0.4, 0.5) is 5.69 Å². The monoisotopic (exact) mass is 279 g/mol. The molecule has 0 spiro atoms. The zero-order chi connectivity index (χ0) is 11.8. The normalized spacial score (nSPS) is 11.8. The SMILES string of the molecule is CC(C)(C)Nc1ccnc2cc(Br)cnc12. The average Bonchev–Trinajstić information content (AvgIpc) is 2.15. The van der Waals surface area contributed by atoms with E-state index in [0.717, 1.165) is 21.2 Å². The molecule has 0 aliphatic heterocycles. The number of anilines is 1. The van der Waals surface area contributed by atoms with Gasteiger partial charge < -0.3 is 5.32 Å². The van der Waals surface area contributed by atoms with Gasteiger partial charge in [-0.1, -0.05) is 0 Å². The first-order valence-electron chi connectivity index (χ1n) is 5.14. The van der Waals surface area contributed by atoms with Crippen molar-refractivity contribution in [3.63, 3.8) is 0 Å². The van der Waals surface area contributed by atoms with Gasteiger partial charge in [-0.25, -0.2) is 0 Å². The first-order valence-corrected chi connectivity index (χ1v) is 5.93. The maximum atomic E-state index is 4.39. The zero-order valence-electron chi connectivity index (χ0n) is 9.58. The Bertz CT molecular complexity index is 517. The molecule has 4 heteroatoms. The Kier molecular flexibility index (Phi) is 2.84.